The first-order valence-corrected chi connectivity index (χ1v) is 6.68. The Labute approximate surface area is 121 Å². The highest BCUT2D eigenvalue weighted by molar-refractivity contribution is 5.81. The molecule has 4 heteroatoms. The molecule has 0 amide bonds. The number of halogens is 2. The van der Waals surface area contributed by atoms with E-state index >= 15 is 0 Å². The maximum Gasteiger partial charge on any atom is 0.263 e. The van der Waals surface area contributed by atoms with Crippen LogP contribution in [0.2, 0.25) is 0 Å². The fourth-order valence-corrected chi connectivity index (χ4v) is 2.21. The Bertz CT molecular complexity index is 756. The summed E-state index contributed by atoms with van der Waals surface area (Å²) in [5.41, 5.74) is 2.67. The van der Waals surface area contributed by atoms with Crippen LogP contribution in [0.25, 0.3) is 10.9 Å². The van der Waals surface area contributed by atoms with E-state index in [0.717, 1.165) is 22.2 Å². The molecule has 0 bridgehead atoms. The first-order chi connectivity index (χ1) is 10.2. The molecule has 0 radical (unpaired) electrons. The largest absolute Gasteiger partial charge is 0.380 e. The second-order valence-corrected chi connectivity index (χ2v) is 4.82. The quantitative estimate of drug-likeness (QED) is 0.745. The van der Waals surface area contributed by atoms with E-state index in [-0.39, 0.29) is 5.56 Å². The van der Waals surface area contributed by atoms with Gasteiger partial charge in [0.05, 0.1) is 17.4 Å². The van der Waals surface area contributed by atoms with Gasteiger partial charge in [0.25, 0.3) is 6.43 Å². The van der Waals surface area contributed by atoms with Crippen molar-refractivity contribution in [2.75, 3.05) is 5.32 Å². The molecule has 0 aliphatic rings. The lowest BCUT2D eigenvalue weighted by molar-refractivity contribution is 0.151. The second-order valence-electron chi connectivity index (χ2n) is 4.82. The third-order valence-corrected chi connectivity index (χ3v) is 3.29. The van der Waals surface area contributed by atoms with E-state index in [1.807, 2.05) is 36.4 Å². The van der Waals surface area contributed by atoms with Crippen molar-refractivity contribution in [1.29, 1.82) is 0 Å². The smallest absolute Gasteiger partial charge is 0.263 e. The third kappa shape index (κ3) is 3.16. The Hall–Kier alpha value is -2.49. The summed E-state index contributed by atoms with van der Waals surface area (Å²) in [6, 6.07) is 16.3. The number of alkyl halides is 2. The minimum absolute atomic E-state index is 0.0472. The first-order valence-electron chi connectivity index (χ1n) is 6.68. The van der Waals surface area contributed by atoms with E-state index in [9.17, 15) is 8.78 Å². The van der Waals surface area contributed by atoms with E-state index in [0.29, 0.717) is 6.54 Å². The maximum atomic E-state index is 12.7. The van der Waals surface area contributed by atoms with Crippen LogP contribution in [0.4, 0.5) is 14.5 Å². The van der Waals surface area contributed by atoms with Gasteiger partial charge in [-0.15, -0.1) is 0 Å². The molecule has 1 N–H and O–H groups in total. The molecule has 0 aliphatic carbocycles. The molecule has 1 aromatic heterocycles. The number of pyridine rings is 1. The molecule has 106 valence electrons. The van der Waals surface area contributed by atoms with Gasteiger partial charge >= 0.3 is 0 Å². The zero-order chi connectivity index (χ0) is 14.7. The van der Waals surface area contributed by atoms with Crippen molar-refractivity contribution in [3.05, 3.63) is 71.9 Å². The molecule has 21 heavy (non-hydrogen) atoms. The molecule has 3 rings (SSSR count). The van der Waals surface area contributed by atoms with Gasteiger partial charge in [-0.1, -0.05) is 36.4 Å². The molecule has 2 aromatic carbocycles. The number of benzene rings is 2. The predicted octanol–water partition coefficient (Wildman–Crippen LogP) is 4.78. The Balaban J connectivity index is 1.75. The lowest BCUT2D eigenvalue weighted by atomic mass is 10.1. The number of nitrogens with one attached hydrogen (secondary N) is 1. The predicted molar refractivity (Wildman–Crippen MR) is 80.5 cm³/mol. The molecule has 3 aromatic rings. The highest BCUT2D eigenvalue weighted by Gasteiger charge is 2.06. The van der Waals surface area contributed by atoms with E-state index < -0.39 is 6.43 Å². The number of nitrogens with zero attached hydrogens (tertiary/aromatic N) is 1. The second kappa shape index (κ2) is 5.87. The first kappa shape index (κ1) is 13.5. The van der Waals surface area contributed by atoms with Gasteiger partial charge in [-0.25, -0.2) is 8.78 Å². The van der Waals surface area contributed by atoms with E-state index in [1.165, 1.54) is 12.1 Å². The van der Waals surface area contributed by atoms with Gasteiger partial charge in [-0.05, 0) is 23.8 Å². The number of aromatic nitrogens is 1. The fraction of sp³-hybridized carbons (Fsp3) is 0.118. The van der Waals surface area contributed by atoms with Crippen molar-refractivity contribution in [1.82, 2.24) is 4.98 Å². The van der Waals surface area contributed by atoms with Crippen LogP contribution in [0.1, 0.15) is 17.6 Å². The highest BCUT2D eigenvalue weighted by Crippen LogP contribution is 2.20. The van der Waals surface area contributed by atoms with Gasteiger partial charge in [0.1, 0.15) is 0 Å². The number of para-hydroxylation sites is 1. The average Bonchev–Trinajstić information content (AvgIpc) is 2.53. The lowest BCUT2D eigenvalue weighted by Gasteiger charge is -2.08. The van der Waals surface area contributed by atoms with Crippen LogP contribution in [0.15, 0.2) is 60.8 Å². The van der Waals surface area contributed by atoms with Crippen molar-refractivity contribution in [2.45, 2.75) is 13.0 Å². The zero-order valence-corrected chi connectivity index (χ0v) is 11.3. The van der Waals surface area contributed by atoms with E-state index in [2.05, 4.69) is 10.3 Å². The standard InChI is InChI=1S/C17H14F2N2/c18-17(19)14-6-3-4-12(8-14)10-20-15-9-13-5-1-2-7-16(13)21-11-15/h1-9,11,17,20H,10H2. The fourth-order valence-electron chi connectivity index (χ4n) is 2.21. The van der Waals surface area contributed by atoms with Gasteiger partial charge in [-0.3, -0.25) is 4.98 Å². The molecular weight excluding hydrogens is 270 g/mol. The molecular formula is C17H14F2N2. The maximum absolute atomic E-state index is 12.7. The van der Waals surface area contributed by atoms with E-state index in [1.54, 1.807) is 12.3 Å². The van der Waals surface area contributed by atoms with Crippen LogP contribution in [-0.4, -0.2) is 4.98 Å². The van der Waals surface area contributed by atoms with Crippen LogP contribution in [0, 0.1) is 0 Å². The molecule has 1 heterocycles. The molecule has 0 aliphatic heterocycles. The zero-order valence-electron chi connectivity index (χ0n) is 11.3. The highest BCUT2D eigenvalue weighted by atomic mass is 19.3. The summed E-state index contributed by atoms with van der Waals surface area (Å²) < 4.78 is 25.3. The topological polar surface area (TPSA) is 24.9 Å². The van der Waals surface area contributed by atoms with Crippen molar-refractivity contribution < 1.29 is 8.78 Å². The summed E-state index contributed by atoms with van der Waals surface area (Å²) in [5.74, 6) is 0. The Kier molecular flexibility index (Phi) is 3.77. The van der Waals surface area contributed by atoms with Gasteiger partial charge in [0, 0.05) is 17.5 Å². The molecule has 0 saturated heterocycles. The third-order valence-electron chi connectivity index (χ3n) is 3.29. The molecule has 0 fully saturated rings. The number of hydrogen-bond acceptors (Lipinski definition) is 2. The Morgan fingerprint density at radius 1 is 1.00 bits per heavy atom. The summed E-state index contributed by atoms with van der Waals surface area (Å²) in [5, 5.41) is 4.26. The lowest BCUT2D eigenvalue weighted by Crippen LogP contribution is -2.00. The van der Waals surface area contributed by atoms with Crippen molar-refractivity contribution in [3.8, 4) is 0 Å². The number of hydrogen-bond donors (Lipinski definition) is 1. The molecule has 0 saturated carbocycles. The molecule has 0 atom stereocenters. The Morgan fingerprint density at radius 3 is 2.71 bits per heavy atom. The summed E-state index contributed by atoms with van der Waals surface area (Å²) in [7, 11) is 0. The number of anilines is 1. The van der Waals surface area contributed by atoms with E-state index in [4.69, 9.17) is 0 Å². The van der Waals surface area contributed by atoms with Crippen LogP contribution in [0.3, 0.4) is 0 Å². The molecule has 0 spiro atoms. The minimum atomic E-state index is -2.44. The van der Waals surface area contributed by atoms with Crippen LogP contribution < -0.4 is 5.32 Å². The normalized spacial score (nSPS) is 11.0. The molecule has 2 nitrogen and oxygen atoms in total. The van der Waals surface area contributed by atoms with Crippen LogP contribution in [0.5, 0.6) is 0 Å². The average molecular weight is 284 g/mol. The van der Waals surface area contributed by atoms with Gasteiger partial charge in [0.2, 0.25) is 0 Å². The summed E-state index contributed by atoms with van der Waals surface area (Å²) in [6.07, 6.45) is -0.688. The van der Waals surface area contributed by atoms with Gasteiger partial charge < -0.3 is 5.32 Å². The van der Waals surface area contributed by atoms with Crippen LogP contribution in [-0.2, 0) is 6.54 Å². The van der Waals surface area contributed by atoms with Crippen molar-refractivity contribution >= 4 is 16.6 Å². The monoisotopic (exact) mass is 284 g/mol. The number of fused-ring (bicyclic) bond motifs is 1. The van der Waals surface area contributed by atoms with Gasteiger partial charge in [0.15, 0.2) is 0 Å². The van der Waals surface area contributed by atoms with Crippen LogP contribution >= 0.6 is 0 Å². The Morgan fingerprint density at radius 2 is 1.86 bits per heavy atom. The number of rotatable bonds is 4. The van der Waals surface area contributed by atoms with Crippen molar-refractivity contribution in [3.63, 3.8) is 0 Å². The summed E-state index contributed by atoms with van der Waals surface area (Å²) in [6.45, 7) is 0.487. The van der Waals surface area contributed by atoms with Crippen molar-refractivity contribution in [2.24, 2.45) is 0 Å². The minimum Gasteiger partial charge on any atom is -0.380 e. The summed E-state index contributed by atoms with van der Waals surface area (Å²) >= 11 is 0. The summed E-state index contributed by atoms with van der Waals surface area (Å²) in [4.78, 5) is 4.36. The van der Waals surface area contributed by atoms with Gasteiger partial charge in [-0.2, -0.15) is 0 Å². The molecule has 0 unspecified atom stereocenters. The SMILES string of the molecule is FC(F)c1cccc(CNc2cnc3ccccc3c2)c1.